The average Bonchev–Trinajstić information content (AvgIpc) is 2.69. The lowest BCUT2D eigenvalue weighted by Gasteiger charge is -2.09. The van der Waals surface area contributed by atoms with Crippen LogP contribution in [0.1, 0.15) is 0 Å². The maximum Gasteiger partial charge on any atom is 0.342 e. The van der Waals surface area contributed by atoms with Gasteiger partial charge in [-0.25, -0.2) is 8.42 Å². The van der Waals surface area contributed by atoms with Crippen LogP contribution in [0.5, 0.6) is 0 Å². The fourth-order valence-electron chi connectivity index (χ4n) is 0.719. The standard InChI is InChI=1S/C6H10NO5PS2/c1-12-13(8,9)5-7-15(10,11)6-3-2-4-14-6/h2-4,7H,5H2,1H3,(H,8,9). The largest absolute Gasteiger partial charge is 0.342 e. The summed E-state index contributed by atoms with van der Waals surface area (Å²) in [6, 6.07) is 2.98. The molecular weight excluding hydrogens is 261 g/mol. The van der Waals surface area contributed by atoms with E-state index >= 15 is 0 Å². The quantitative estimate of drug-likeness (QED) is 0.773. The number of hydrogen-bond acceptors (Lipinski definition) is 5. The molecule has 0 bridgehead atoms. The summed E-state index contributed by atoms with van der Waals surface area (Å²) in [5, 5.41) is 1.60. The van der Waals surface area contributed by atoms with Gasteiger partial charge in [0.05, 0.1) is 0 Å². The Morgan fingerprint density at radius 3 is 2.80 bits per heavy atom. The van der Waals surface area contributed by atoms with Crippen molar-refractivity contribution in [1.82, 2.24) is 4.72 Å². The van der Waals surface area contributed by atoms with Gasteiger partial charge in [-0.15, -0.1) is 11.3 Å². The van der Waals surface area contributed by atoms with E-state index in [9.17, 15) is 13.0 Å². The first-order chi connectivity index (χ1) is 6.87. The van der Waals surface area contributed by atoms with E-state index in [4.69, 9.17) is 4.89 Å². The zero-order valence-corrected chi connectivity index (χ0v) is 10.3. The lowest BCUT2D eigenvalue weighted by Crippen LogP contribution is -2.24. The SMILES string of the molecule is COP(=O)(O)CNS(=O)(=O)c1cccs1. The predicted octanol–water partition coefficient (Wildman–Crippen LogP) is 0.816. The maximum absolute atomic E-state index is 11.5. The highest BCUT2D eigenvalue weighted by Crippen LogP contribution is 2.39. The molecule has 0 aliphatic rings. The van der Waals surface area contributed by atoms with Crippen molar-refractivity contribution in [1.29, 1.82) is 0 Å². The third kappa shape index (κ3) is 3.67. The fraction of sp³-hybridized carbons (Fsp3) is 0.333. The minimum Gasteiger partial charge on any atom is -0.323 e. The Morgan fingerprint density at radius 2 is 2.33 bits per heavy atom. The second kappa shape index (κ2) is 4.73. The van der Waals surface area contributed by atoms with Crippen molar-refractivity contribution in [3.63, 3.8) is 0 Å². The van der Waals surface area contributed by atoms with E-state index in [1.165, 1.54) is 6.07 Å². The summed E-state index contributed by atoms with van der Waals surface area (Å²) in [4.78, 5) is 8.99. The van der Waals surface area contributed by atoms with Crippen LogP contribution in [0.15, 0.2) is 21.7 Å². The Morgan fingerprint density at radius 1 is 1.67 bits per heavy atom. The van der Waals surface area contributed by atoms with Crippen molar-refractivity contribution in [2.45, 2.75) is 4.21 Å². The third-order valence-electron chi connectivity index (χ3n) is 1.50. The molecule has 0 fully saturated rings. The lowest BCUT2D eigenvalue weighted by molar-refractivity contribution is 0.314. The molecule has 0 aliphatic heterocycles. The summed E-state index contributed by atoms with van der Waals surface area (Å²) < 4.78 is 40.3. The molecule has 1 unspecified atom stereocenters. The van der Waals surface area contributed by atoms with Gasteiger partial charge >= 0.3 is 7.60 Å². The number of thiophene rings is 1. The Labute approximate surface area is 91.5 Å². The molecule has 0 aliphatic carbocycles. The van der Waals surface area contributed by atoms with E-state index < -0.39 is 23.9 Å². The molecule has 0 amide bonds. The fourth-order valence-corrected chi connectivity index (χ4v) is 3.88. The van der Waals surface area contributed by atoms with Gasteiger partial charge in [-0.05, 0) is 11.4 Å². The molecule has 15 heavy (non-hydrogen) atoms. The predicted molar refractivity (Wildman–Crippen MR) is 56.3 cm³/mol. The summed E-state index contributed by atoms with van der Waals surface area (Å²) >= 11 is 1.03. The zero-order valence-electron chi connectivity index (χ0n) is 7.78. The Bertz CT molecular complexity index is 454. The Kier molecular flexibility index (Phi) is 4.05. The summed E-state index contributed by atoms with van der Waals surface area (Å²) in [5.41, 5.74) is 0. The van der Waals surface area contributed by atoms with Crippen LogP contribution in [0.4, 0.5) is 0 Å². The average molecular weight is 271 g/mol. The van der Waals surface area contributed by atoms with Crippen molar-refractivity contribution >= 4 is 29.0 Å². The highest BCUT2D eigenvalue weighted by atomic mass is 32.2. The molecule has 1 rings (SSSR count). The Hall–Kier alpha value is -0.240. The van der Waals surface area contributed by atoms with E-state index in [0.717, 1.165) is 18.4 Å². The topological polar surface area (TPSA) is 92.7 Å². The van der Waals surface area contributed by atoms with Crippen LogP contribution in [0.2, 0.25) is 0 Å². The normalized spacial score (nSPS) is 16.1. The van der Waals surface area contributed by atoms with Crippen LogP contribution in [0, 0.1) is 0 Å². The van der Waals surface area contributed by atoms with Crippen LogP contribution < -0.4 is 4.72 Å². The first kappa shape index (κ1) is 12.8. The molecule has 86 valence electrons. The molecule has 0 spiro atoms. The molecule has 0 radical (unpaired) electrons. The van der Waals surface area contributed by atoms with Crippen molar-refractivity contribution in [3.8, 4) is 0 Å². The minimum atomic E-state index is -3.86. The van der Waals surface area contributed by atoms with Gasteiger partial charge in [0.15, 0.2) is 0 Å². The van der Waals surface area contributed by atoms with E-state index in [2.05, 4.69) is 4.52 Å². The van der Waals surface area contributed by atoms with E-state index in [1.807, 2.05) is 4.72 Å². The van der Waals surface area contributed by atoms with Gasteiger partial charge in [-0.1, -0.05) is 6.07 Å². The summed E-state index contributed by atoms with van der Waals surface area (Å²) in [6.45, 7) is 0. The molecule has 1 heterocycles. The van der Waals surface area contributed by atoms with Gasteiger partial charge < -0.3 is 9.42 Å². The number of rotatable bonds is 5. The van der Waals surface area contributed by atoms with Gasteiger partial charge in [0.2, 0.25) is 0 Å². The molecule has 1 aromatic heterocycles. The number of hydrogen-bond donors (Lipinski definition) is 2. The van der Waals surface area contributed by atoms with Crippen LogP contribution >= 0.6 is 18.9 Å². The molecule has 0 saturated carbocycles. The summed E-state index contributed by atoms with van der Waals surface area (Å²) in [5.74, 6) is 0. The van der Waals surface area contributed by atoms with Crippen molar-refractivity contribution < 1.29 is 22.4 Å². The van der Waals surface area contributed by atoms with Gasteiger partial charge in [0.1, 0.15) is 10.5 Å². The van der Waals surface area contributed by atoms with E-state index in [-0.39, 0.29) is 4.21 Å². The molecule has 9 heteroatoms. The second-order valence-corrected chi connectivity index (χ2v) is 7.46. The molecule has 1 atom stereocenters. The van der Waals surface area contributed by atoms with Crippen molar-refractivity contribution in [2.24, 2.45) is 0 Å². The van der Waals surface area contributed by atoms with Crippen LogP contribution in [-0.4, -0.2) is 26.7 Å². The van der Waals surface area contributed by atoms with Gasteiger partial charge in [-0.3, -0.25) is 4.57 Å². The highest BCUT2D eigenvalue weighted by Gasteiger charge is 2.22. The number of nitrogens with one attached hydrogen (secondary N) is 1. The molecule has 2 N–H and O–H groups in total. The van der Waals surface area contributed by atoms with Gasteiger partial charge in [-0.2, -0.15) is 4.72 Å². The molecular formula is C6H10NO5PS2. The van der Waals surface area contributed by atoms with E-state index in [0.29, 0.717) is 0 Å². The first-order valence-electron chi connectivity index (χ1n) is 3.78. The van der Waals surface area contributed by atoms with Crippen LogP contribution in [0.3, 0.4) is 0 Å². The van der Waals surface area contributed by atoms with Gasteiger partial charge in [0, 0.05) is 7.11 Å². The zero-order chi connectivity index (χ0) is 11.5. The van der Waals surface area contributed by atoms with Crippen molar-refractivity contribution in [3.05, 3.63) is 17.5 Å². The van der Waals surface area contributed by atoms with E-state index in [1.54, 1.807) is 11.4 Å². The molecule has 6 nitrogen and oxygen atoms in total. The van der Waals surface area contributed by atoms with Gasteiger partial charge in [0.25, 0.3) is 10.0 Å². The second-order valence-electron chi connectivity index (χ2n) is 2.56. The highest BCUT2D eigenvalue weighted by molar-refractivity contribution is 7.91. The molecule has 1 aromatic rings. The smallest absolute Gasteiger partial charge is 0.323 e. The first-order valence-corrected chi connectivity index (χ1v) is 7.91. The molecule has 0 saturated heterocycles. The summed E-state index contributed by atoms with van der Waals surface area (Å²) in [6.07, 6.45) is -0.635. The lowest BCUT2D eigenvalue weighted by atomic mass is 10.7. The monoisotopic (exact) mass is 271 g/mol. The van der Waals surface area contributed by atoms with Crippen LogP contribution in [-0.2, 0) is 19.1 Å². The number of sulfonamides is 1. The third-order valence-corrected chi connectivity index (χ3v) is 5.64. The molecule has 0 aromatic carbocycles. The maximum atomic E-state index is 11.5. The van der Waals surface area contributed by atoms with Crippen LogP contribution in [0.25, 0.3) is 0 Å². The Balaban J connectivity index is 2.72. The minimum absolute atomic E-state index is 0.0959. The summed E-state index contributed by atoms with van der Waals surface area (Å²) in [7, 11) is -6.52. The van der Waals surface area contributed by atoms with Crippen molar-refractivity contribution in [2.75, 3.05) is 13.4 Å².